The first-order valence-electron chi connectivity index (χ1n) is 4.58. The van der Waals surface area contributed by atoms with E-state index in [0.717, 1.165) is 0 Å². The Hall–Kier alpha value is -1.87. The van der Waals surface area contributed by atoms with Crippen LogP contribution in [0.1, 0.15) is 0 Å². The van der Waals surface area contributed by atoms with Gasteiger partial charge in [0.05, 0.1) is 14.1 Å². The summed E-state index contributed by atoms with van der Waals surface area (Å²) in [7, 11) is 3.42. The highest BCUT2D eigenvalue weighted by molar-refractivity contribution is 5.91. The molecule has 0 aliphatic carbocycles. The SMILES string of the molecule is C=C(C#N)C(=O)OCC[N+](C)(C)CC(=O)O. The normalized spacial score (nSPS) is 10.3. The van der Waals surface area contributed by atoms with Crippen LogP contribution in [0.5, 0.6) is 0 Å². The number of nitrogens with zero attached hydrogens (tertiary/aromatic N) is 2. The molecule has 0 rings (SSSR count). The van der Waals surface area contributed by atoms with E-state index in [1.54, 1.807) is 20.2 Å². The molecule has 6 heteroatoms. The standard InChI is InChI=1S/C10H14N2O4/c1-8(6-11)10(15)16-5-4-12(2,3)7-9(13)14/h1,4-5,7H2,2-3H3/p+1. The van der Waals surface area contributed by atoms with Crippen molar-refractivity contribution in [1.29, 1.82) is 5.26 Å². The van der Waals surface area contributed by atoms with Crippen LogP contribution in [0.3, 0.4) is 0 Å². The molecule has 1 N–H and O–H groups in total. The zero-order valence-corrected chi connectivity index (χ0v) is 9.39. The first kappa shape index (κ1) is 14.1. The van der Waals surface area contributed by atoms with Gasteiger partial charge < -0.3 is 14.3 Å². The number of hydrogen-bond donors (Lipinski definition) is 1. The zero-order chi connectivity index (χ0) is 12.8. The number of aliphatic carboxylic acids is 1. The Bertz CT molecular complexity index is 341. The minimum Gasteiger partial charge on any atom is -0.477 e. The van der Waals surface area contributed by atoms with E-state index in [-0.39, 0.29) is 23.2 Å². The minimum atomic E-state index is -0.919. The second-order valence-corrected chi connectivity index (χ2v) is 3.94. The summed E-state index contributed by atoms with van der Waals surface area (Å²) in [5.74, 6) is -1.68. The van der Waals surface area contributed by atoms with Gasteiger partial charge in [-0.1, -0.05) is 6.58 Å². The van der Waals surface area contributed by atoms with E-state index in [1.165, 1.54) is 0 Å². The Balaban J connectivity index is 3.99. The van der Waals surface area contributed by atoms with Crippen LogP contribution >= 0.6 is 0 Å². The lowest BCUT2D eigenvalue weighted by Crippen LogP contribution is -2.46. The number of carboxylic acids is 1. The first-order chi connectivity index (χ1) is 7.28. The lowest BCUT2D eigenvalue weighted by Gasteiger charge is -2.27. The maximum absolute atomic E-state index is 11.0. The fourth-order valence-electron chi connectivity index (χ4n) is 0.963. The van der Waals surface area contributed by atoms with E-state index in [0.29, 0.717) is 6.54 Å². The number of quaternary nitrogens is 1. The van der Waals surface area contributed by atoms with Crippen molar-refractivity contribution >= 4 is 11.9 Å². The number of esters is 1. The van der Waals surface area contributed by atoms with Gasteiger partial charge in [0.15, 0.2) is 6.54 Å². The molecule has 88 valence electrons. The van der Waals surface area contributed by atoms with Crippen molar-refractivity contribution in [3.05, 3.63) is 12.2 Å². The number of carbonyl (C=O) groups is 2. The number of nitriles is 1. The topological polar surface area (TPSA) is 87.4 Å². The van der Waals surface area contributed by atoms with Crippen LogP contribution in [-0.4, -0.2) is 55.3 Å². The molecule has 0 amide bonds. The predicted molar refractivity (Wildman–Crippen MR) is 55.2 cm³/mol. The van der Waals surface area contributed by atoms with Gasteiger partial charge in [-0.25, -0.2) is 9.59 Å². The number of carboxylic acid groups (broad SMARTS) is 1. The van der Waals surface area contributed by atoms with Crippen molar-refractivity contribution in [3.63, 3.8) is 0 Å². The fraction of sp³-hybridized carbons (Fsp3) is 0.500. The summed E-state index contributed by atoms with van der Waals surface area (Å²) >= 11 is 0. The van der Waals surface area contributed by atoms with Crippen LogP contribution < -0.4 is 0 Å². The third kappa shape index (κ3) is 5.78. The predicted octanol–water partition coefficient (Wildman–Crippen LogP) is -0.230. The molecule has 0 radical (unpaired) electrons. The third-order valence-electron chi connectivity index (χ3n) is 1.87. The lowest BCUT2D eigenvalue weighted by atomic mass is 10.3. The average molecular weight is 227 g/mol. The van der Waals surface area contributed by atoms with Gasteiger partial charge in [0.25, 0.3) is 0 Å². The third-order valence-corrected chi connectivity index (χ3v) is 1.87. The molecule has 0 saturated heterocycles. The molecular weight excluding hydrogens is 212 g/mol. The summed E-state index contributed by atoms with van der Waals surface area (Å²) in [4.78, 5) is 21.5. The molecule has 0 heterocycles. The Morgan fingerprint density at radius 1 is 1.50 bits per heavy atom. The Morgan fingerprint density at radius 2 is 2.06 bits per heavy atom. The van der Waals surface area contributed by atoms with Gasteiger partial charge in [0.2, 0.25) is 0 Å². The van der Waals surface area contributed by atoms with Crippen molar-refractivity contribution in [1.82, 2.24) is 0 Å². The molecule has 0 atom stereocenters. The zero-order valence-electron chi connectivity index (χ0n) is 9.39. The van der Waals surface area contributed by atoms with Crippen LogP contribution in [0.4, 0.5) is 0 Å². The summed E-state index contributed by atoms with van der Waals surface area (Å²) in [6.45, 7) is 3.56. The van der Waals surface area contributed by atoms with Crippen LogP contribution in [0.25, 0.3) is 0 Å². The molecule has 0 saturated carbocycles. The first-order valence-corrected chi connectivity index (χ1v) is 4.58. The highest BCUT2D eigenvalue weighted by atomic mass is 16.5. The molecule has 16 heavy (non-hydrogen) atoms. The van der Waals surface area contributed by atoms with E-state index in [4.69, 9.17) is 15.1 Å². The Morgan fingerprint density at radius 3 is 2.50 bits per heavy atom. The molecule has 0 aromatic heterocycles. The van der Waals surface area contributed by atoms with Crippen molar-refractivity contribution in [2.45, 2.75) is 0 Å². The van der Waals surface area contributed by atoms with E-state index in [2.05, 4.69) is 6.58 Å². The summed E-state index contributed by atoms with van der Waals surface area (Å²) in [5, 5.41) is 17.0. The molecule has 6 nitrogen and oxygen atoms in total. The summed E-state index contributed by atoms with van der Waals surface area (Å²) < 4.78 is 4.94. The molecule has 0 aliphatic rings. The molecule has 0 aromatic carbocycles. The van der Waals surface area contributed by atoms with Gasteiger partial charge in [0.1, 0.15) is 24.8 Å². The van der Waals surface area contributed by atoms with Crippen LogP contribution in [-0.2, 0) is 14.3 Å². The van der Waals surface area contributed by atoms with Gasteiger partial charge in [-0.15, -0.1) is 0 Å². The largest absolute Gasteiger partial charge is 0.477 e. The fourth-order valence-corrected chi connectivity index (χ4v) is 0.963. The molecule has 0 aliphatic heterocycles. The van der Waals surface area contributed by atoms with E-state index >= 15 is 0 Å². The number of rotatable bonds is 6. The van der Waals surface area contributed by atoms with Crippen LogP contribution in [0.15, 0.2) is 12.2 Å². The highest BCUT2D eigenvalue weighted by Gasteiger charge is 2.20. The maximum atomic E-state index is 11.0. The minimum absolute atomic E-state index is 0.0554. The number of ether oxygens (including phenoxy) is 1. The summed E-state index contributed by atoms with van der Waals surface area (Å²) in [5.41, 5.74) is -0.261. The van der Waals surface area contributed by atoms with Gasteiger partial charge in [-0.05, 0) is 0 Å². The monoisotopic (exact) mass is 227 g/mol. The second-order valence-electron chi connectivity index (χ2n) is 3.94. The molecular formula is C10H15N2O4+. The molecule has 0 bridgehead atoms. The van der Waals surface area contributed by atoms with Crippen LogP contribution in [0, 0.1) is 11.3 Å². The quantitative estimate of drug-likeness (QED) is 0.293. The summed E-state index contributed by atoms with van der Waals surface area (Å²) in [6, 6.07) is 1.58. The van der Waals surface area contributed by atoms with Crippen LogP contribution in [0.2, 0.25) is 0 Å². The van der Waals surface area contributed by atoms with Crippen molar-refractivity contribution < 1.29 is 23.9 Å². The lowest BCUT2D eigenvalue weighted by molar-refractivity contribution is -0.883. The molecule has 0 unspecified atom stereocenters. The highest BCUT2D eigenvalue weighted by Crippen LogP contribution is 1.98. The number of likely N-dealkylation sites (N-methyl/N-ethyl adjacent to an activating group) is 1. The van der Waals surface area contributed by atoms with Crippen molar-refractivity contribution in [2.75, 3.05) is 33.8 Å². The van der Waals surface area contributed by atoms with Crippen molar-refractivity contribution in [3.8, 4) is 6.07 Å². The summed E-state index contributed by atoms with van der Waals surface area (Å²) in [6.07, 6.45) is 0. The average Bonchev–Trinajstić information content (AvgIpc) is 2.13. The van der Waals surface area contributed by atoms with Gasteiger partial charge in [-0.3, -0.25) is 0 Å². The number of hydrogen-bond acceptors (Lipinski definition) is 4. The Kier molecular flexibility index (Phi) is 5.19. The van der Waals surface area contributed by atoms with E-state index in [1.807, 2.05) is 0 Å². The number of carbonyl (C=O) groups excluding carboxylic acids is 1. The van der Waals surface area contributed by atoms with E-state index < -0.39 is 11.9 Å². The van der Waals surface area contributed by atoms with Crippen molar-refractivity contribution in [2.24, 2.45) is 0 Å². The van der Waals surface area contributed by atoms with Gasteiger partial charge in [-0.2, -0.15) is 5.26 Å². The van der Waals surface area contributed by atoms with Gasteiger partial charge in [0, 0.05) is 0 Å². The molecule has 0 spiro atoms. The Labute approximate surface area is 93.9 Å². The molecule has 0 fully saturated rings. The maximum Gasteiger partial charge on any atom is 0.359 e. The second kappa shape index (κ2) is 5.88. The molecule has 0 aromatic rings. The van der Waals surface area contributed by atoms with E-state index in [9.17, 15) is 9.59 Å². The van der Waals surface area contributed by atoms with Gasteiger partial charge >= 0.3 is 11.9 Å². The smallest absolute Gasteiger partial charge is 0.359 e.